The Labute approximate surface area is 214 Å². The standard InChI is InChI=1S/C26H25N5O5S/c1-18(25(32)28-20-10-7-13-22(15-20)37(34,35)30(2)3)36-26(33)23-17-31(21-11-5-4-6-12-21)29-24(23)19-9-8-14-27-16-19/h4-18H,1-3H3,(H,28,32)/t18-/m1/s1. The summed E-state index contributed by atoms with van der Waals surface area (Å²) in [6.45, 7) is 1.43. The van der Waals surface area contributed by atoms with Crippen LogP contribution in [0.4, 0.5) is 5.69 Å². The summed E-state index contributed by atoms with van der Waals surface area (Å²) in [7, 11) is -0.843. The van der Waals surface area contributed by atoms with E-state index in [0.717, 1.165) is 9.99 Å². The first-order valence-corrected chi connectivity index (χ1v) is 12.7. The van der Waals surface area contributed by atoms with Gasteiger partial charge in [0.1, 0.15) is 11.3 Å². The van der Waals surface area contributed by atoms with E-state index in [1.54, 1.807) is 41.5 Å². The average molecular weight is 520 g/mol. The molecule has 37 heavy (non-hydrogen) atoms. The van der Waals surface area contributed by atoms with Gasteiger partial charge in [-0.2, -0.15) is 5.10 Å². The molecule has 0 spiro atoms. The second-order valence-electron chi connectivity index (χ2n) is 8.27. The lowest BCUT2D eigenvalue weighted by atomic mass is 10.1. The Morgan fingerprint density at radius 3 is 2.46 bits per heavy atom. The number of amides is 1. The molecule has 0 saturated heterocycles. The molecule has 10 nitrogen and oxygen atoms in total. The number of benzene rings is 2. The van der Waals surface area contributed by atoms with Gasteiger partial charge in [-0.1, -0.05) is 24.3 Å². The van der Waals surface area contributed by atoms with E-state index in [4.69, 9.17) is 4.74 Å². The Balaban J connectivity index is 1.55. The normalized spacial score (nSPS) is 12.2. The van der Waals surface area contributed by atoms with Gasteiger partial charge in [-0.3, -0.25) is 9.78 Å². The third-order valence-electron chi connectivity index (χ3n) is 5.42. The highest BCUT2D eigenvalue weighted by Crippen LogP contribution is 2.24. The molecule has 0 bridgehead atoms. The second-order valence-corrected chi connectivity index (χ2v) is 10.4. The number of hydrogen-bond donors (Lipinski definition) is 1. The summed E-state index contributed by atoms with van der Waals surface area (Å²) in [5.74, 6) is -1.36. The zero-order valence-electron chi connectivity index (χ0n) is 20.4. The minimum absolute atomic E-state index is 0.0226. The Bertz CT molecular complexity index is 1520. The van der Waals surface area contributed by atoms with E-state index in [-0.39, 0.29) is 16.1 Å². The lowest BCUT2D eigenvalue weighted by molar-refractivity contribution is -0.123. The van der Waals surface area contributed by atoms with Gasteiger partial charge in [0.05, 0.1) is 10.6 Å². The molecule has 0 saturated carbocycles. The van der Waals surface area contributed by atoms with Crippen LogP contribution in [0.2, 0.25) is 0 Å². The number of para-hydroxylation sites is 1. The summed E-state index contributed by atoms with van der Waals surface area (Å²) in [6.07, 6.45) is 3.56. The van der Waals surface area contributed by atoms with Crippen molar-refractivity contribution in [2.24, 2.45) is 0 Å². The first-order chi connectivity index (χ1) is 17.7. The second kappa shape index (κ2) is 10.7. The molecule has 0 aliphatic rings. The van der Waals surface area contributed by atoms with Crippen LogP contribution in [0.5, 0.6) is 0 Å². The highest BCUT2D eigenvalue weighted by atomic mass is 32.2. The highest BCUT2D eigenvalue weighted by molar-refractivity contribution is 7.89. The minimum atomic E-state index is -3.68. The summed E-state index contributed by atoms with van der Waals surface area (Å²) < 4.78 is 32.9. The molecule has 4 aromatic rings. The maximum absolute atomic E-state index is 13.2. The van der Waals surface area contributed by atoms with Crippen molar-refractivity contribution in [1.82, 2.24) is 19.1 Å². The largest absolute Gasteiger partial charge is 0.449 e. The van der Waals surface area contributed by atoms with Crippen LogP contribution in [0.25, 0.3) is 16.9 Å². The van der Waals surface area contributed by atoms with Crippen molar-refractivity contribution in [1.29, 1.82) is 0 Å². The number of aromatic nitrogens is 3. The Kier molecular flexibility index (Phi) is 7.46. The van der Waals surface area contributed by atoms with Gasteiger partial charge in [-0.25, -0.2) is 22.2 Å². The van der Waals surface area contributed by atoms with Crippen LogP contribution >= 0.6 is 0 Å². The van der Waals surface area contributed by atoms with E-state index in [9.17, 15) is 18.0 Å². The molecule has 0 radical (unpaired) electrons. The fourth-order valence-corrected chi connectivity index (χ4v) is 4.37. The van der Waals surface area contributed by atoms with E-state index < -0.39 is 28.0 Å². The van der Waals surface area contributed by atoms with Gasteiger partial charge in [-0.05, 0) is 49.4 Å². The van der Waals surface area contributed by atoms with E-state index in [1.165, 1.54) is 39.2 Å². The fraction of sp³-hybridized carbons (Fsp3) is 0.154. The Morgan fingerprint density at radius 2 is 1.78 bits per heavy atom. The zero-order chi connectivity index (χ0) is 26.6. The van der Waals surface area contributed by atoms with Crippen LogP contribution in [0.15, 0.2) is 90.2 Å². The maximum Gasteiger partial charge on any atom is 0.342 e. The quantitative estimate of drug-likeness (QED) is 0.354. The van der Waals surface area contributed by atoms with Gasteiger partial charge in [0.2, 0.25) is 10.0 Å². The van der Waals surface area contributed by atoms with Gasteiger partial charge < -0.3 is 10.1 Å². The number of pyridine rings is 1. The van der Waals surface area contributed by atoms with Gasteiger partial charge in [0.15, 0.2) is 6.10 Å². The summed E-state index contributed by atoms with van der Waals surface area (Å²) in [5, 5.41) is 7.15. The minimum Gasteiger partial charge on any atom is -0.449 e. The van der Waals surface area contributed by atoms with Crippen molar-refractivity contribution in [3.05, 3.63) is 90.9 Å². The number of nitrogens with zero attached hydrogens (tertiary/aromatic N) is 4. The number of carbonyl (C=O) groups is 2. The van der Waals surface area contributed by atoms with Crippen LogP contribution in [-0.4, -0.2) is 59.6 Å². The van der Waals surface area contributed by atoms with Crippen molar-refractivity contribution >= 4 is 27.6 Å². The van der Waals surface area contributed by atoms with Crippen molar-refractivity contribution in [2.45, 2.75) is 17.9 Å². The molecule has 4 rings (SSSR count). The smallest absolute Gasteiger partial charge is 0.342 e. The SMILES string of the molecule is C[C@@H](OC(=O)c1cn(-c2ccccc2)nc1-c1cccnc1)C(=O)Nc1cccc(S(=O)(=O)N(C)C)c1. The third-order valence-corrected chi connectivity index (χ3v) is 7.23. The number of ether oxygens (including phenoxy) is 1. The third kappa shape index (κ3) is 5.74. The maximum atomic E-state index is 13.2. The van der Waals surface area contributed by atoms with Gasteiger partial charge in [0, 0.05) is 43.9 Å². The molecule has 0 aliphatic carbocycles. The van der Waals surface area contributed by atoms with Gasteiger partial charge in [-0.15, -0.1) is 0 Å². The summed E-state index contributed by atoms with van der Waals surface area (Å²) >= 11 is 0. The van der Waals surface area contributed by atoms with Crippen LogP contribution in [-0.2, 0) is 19.6 Å². The molecule has 0 aliphatic heterocycles. The molecular formula is C26H25N5O5S. The van der Waals surface area contributed by atoms with Gasteiger partial charge >= 0.3 is 5.97 Å². The summed E-state index contributed by atoms with van der Waals surface area (Å²) in [5.41, 5.74) is 2.13. The van der Waals surface area contributed by atoms with Crippen molar-refractivity contribution < 1.29 is 22.7 Å². The molecule has 2 heterocycles. The molecule has 0 unspecified atom stereocenters. The van der Waals surface area contributed by atoms with E-state index in [1.807, 2.05) is 30.3 Å². The van der Waals surface area contributed by atoms with Crippen LogP contribution in [0.1, 0.15) is 17.3 Å². The average Bonchev–Trinajstić information content (AvgIpc) is 3.35. The van der Waals surface area contributed by atoms with Crippen molar-refractivity contribution in [3.63, 3.8) is 0 Å². The number of hydrogen-bond acceptors (Lipinski definition) is 7. The van der Waals surface area contributed by atoms with Crippen LogP contribution < -0.4 is 5.32 Å². The molecule has 2 aromatic carbocycles. The number of anilines is 1. The molecule has 11 heteroatoms. The molecule has 190 valence electrons. The predicted octanol–water partition coefficient (Wildman–Crippen LogP) is 3.37. The molecule has 1 N–H and O–H groups in total. The number of esters is 1. The molecule has 2 aromatic heterocycles. The molecule has 0 fully saturated rings. The summed E-state index contributed by atoms with van der Waals surface area (Å²) in [4.78, 5) is 30.1. The Morgan fingerprint density at radius 1 is 1.03 bits per heavy atom. The van der Waals surface area contributed by atoms with E-state index in [2.05, 4.69) is 15.4 Å². The molecule has 1 atom stereocenters. The fourth-order valence-electron chi connectivity index (χ4n) is 3.42. The number of nitrogens with one attached hydrogen (secondary N) is 1. The summed E-state index contributed by atoms with van der Waals surface area (Å²) in [6, 6.07) is 18.6. The first kappa shape index (κ1) is 25.7. The topological polar surface area (TPSA) is 123 Å². The lowest BCUT2D eigenvalue weighted by Gasteiger charge is -2.15. The molecule has 1 amide bonds. The van der Waals surface area contributed by atoms with Crippen LogP contribution in [0.3, 0.4) is 0 Å². The van der Waals surface area contributed by atoms with Gasteiger partial charge in [0.25, 0.3) is 5.91 Å². The first-order valence-electron chi connectivity index (χ1n) is 11.3. The molecular weight excluding hydrogens is 494 g/mol. The monoisotopic (exact) mass is 519 g/mol. The van der Waals surface area contributed by atoms with Crippen molar-refractivity contribution in [3.8, 4) is 16.9 Å². The number of sulfonamides is 1. The van der Waals surface area contributed by atoms with Crippen molar-refractivity contribution in [2.75, 3.05) is 19.4 Å². The van der Waals surface area contributed by atoms with E-state index >= 15 is 0 Å². The Hall–Kier alpha value is -4.35. The predicted molar refractivity (Wildman–Crippen MR) is 138 cm³/mol. The lowest BCUT2D eigenvalue weighted by Crippen LogP contribution is -2.30. The van der Waals surface area contributed by atoms with E-state index in [0.29, 0.717) is 11.3 Å². The van der Waals surface area contributed by atoms with Crippen LogP contribution in [0, 0.1) is 0 Å². The number of rotatable bonds is 8. The number of carbonyl (C=O) groups excluding carboxylic acids is 2. The zero-order valence-corrected chi connectivity index (χ0v) is 21.2. The highest BCUT2D eigenvalue weighted by Gasteiger charge is 2.25.